The van der Waals surface area contributed by atoms with E-state index in [0.29, 0.717) is 12.1 Å². The maximum atomic E-state index is 5.79. The minimum atomic E-state index is 0.00140. The third-order valence-corrected chi connectivity index (χ3v) is 4.40. The summed E-state index contributed by atoms with van der Waals surface area (Å²) >= 11 is 0. The van der Waals surface area contributed by atoms with Crippen LogP contribution in [0.2, 0.25) is 0 Å². The van der Waals surface area contributed by atoms with Crippen LogP contribution in [0, 0.1) is 0 Å². The highest BCUT2D eigenvalue weighted by Gasteiger charge is 2.29. The lowest BCUT2D eigenvalue weighted by Crippen LogP contribution is -2.44. The van der Waals surface area contributed by atoms with Crippen molar-refractivity contribution in [1.29, 1.82) is 0 Å². The van der Waals surface area contributed by atoms with Crippen LogP contribution in [0.25, 0.3) is 0 Å². The molecule has 1 N–H and O–H groups in total. The Morgan fingerprint density at radius 1 is 1.30 bits per heavy atom. The zero-order chi connectivity index (χ0) is 14.2. The number of rotatable bonds is 3. The van der Waals surface area contributed by atoms with E-state index in [0.717, 1.165) is 38.2 Å². The Morgan fingerprint density at radius 3 is 2.95 bits per heavy atom. The molecule has 0 spiro atoms. The van der Waals surface area contributed by atoms with Gasteiger partial charge in [0.05, 0.1) is 12.2 Å². The van der Waals surface area contributed by atoms with E-state index in [1.54, 1.807) is 0 Å². The largest absolute Gasteiger partial charge is 0.493 e. The SMILES string of the molecule is CC(NC1CCOC(C)(C)C1)c1ccc2c(c1)CCO2. The summed E-state index contributed by atoms with van der Waals surface area (Å²) in [6.07, 6.45) is 3.22. The van der Waals surface area contributed by atoms with Crippen LogP contribution >= 0.6 is 0 Å². The van der Waals surface area contributed by atoms with Gasteiger partial charge < -0.3 is 14.8 Å². The van der Waals surface area contributed by atoms with Gasteiger partial charge in [-0.05, 0) is 50.8 Å². The quantitative estimate of drug-likeness (QED) is 0.918. The predicted octanol–water partition coefficient (Wildman–Crippen LogP) is 3.23. The topological polar surface area (TPSA) is 30.5 Å². The summed E-state index contributed by atoms with van der Waals surface area (Å²) < 4.78 is 11.4. The molecule has 1 aromatic carbocycles. The van der Waals surface area contributed by atoms with E-state index in [2.05, 4.69) is 44.3 Å². The van der Waals surface area contributed by atoms with E-state index >= 15 is 0 Å². The Morgan fingerprint density at radius 2 is 2.15 bits per heavy atom. The molecule has 1 fully saturated rings. The van der Waals surface area contributed by atoms with E-state index in [4.69, 9.17) is 9.47 Å². The van der Waals surface area contributed by atoms with Crippen LogP contribution in [0.15, 0.2) is 18.2 Å². The summed E-state index contributed by atoms with van der Waals surface area (Å²) in [6, 6.07) is 7.51. The van der Waals surface area contributed by atoms with Gasteiger partial charge in [-0.3, -0.25) is 0 Å². The molecule has 0 bridgehead atoms. The lowest BCUT2D eigenvalue weighted by molar-refractivity contribution is -0.0639. The fourth-order valence-electron chi connectivity index (χ4n) is 3.30. The molecular weight excluding hydrogens is 250 g/mol. The first-order valence-electron chi connectivity index (χ1n) is 7.69. The molecule has 1 aromatic rings. The second kappa shape index (κ2) is 5.38. The van der Waals surface area contributed by atoms with Crippen LogP contribution in [-0.4, -0.2) is 24.9 Å². The van der Waals surface area contributed by atoms with Gasteiger partial charge in [-0.25, -0.2) is 0 Å². The fraction of sp³-hybridized carbons (Fsp3) is 0.647. The van der Waals surface area contributed by atoms with Gasteiger partial charge in [-0.1, -0.05) is 12.1 Å². The van der Waals surface area contributed by atoms with E-state index in [-0.39, 0.29) is 5.60 Å². The van der Waals surface area contributed by atoms with E-state index in [1.165, 1.54) is 11.1 Å². The summed E-state index contributed by atoms with van der Waals surface area (Å²) in [6.45, 7) is 8.29. The average Bonchev–Trinajstić information content (AvgIpc) is 2.84. The number of hydrogen-bond donors (Lipinski definition) is 1. The molecule has 0 aromatic heterocycles. The molecule has 2 unspecified atom stereocenters. The van der Waals surface area contributed by atoms with Crippen molar-refractivity contribution in [2.24, 2.45) is 0 Å². The molecule has 1 saturated heterocycles. The van der Waals surface area contributed by atoms with Gasteiger partial charge in [0.1, 0.15) is 5.75 Å². The van der Waals surface area contributed by atoms with Crippen LogP contribution in [0.1, 0.15) is 50.8 Å². The van der Waals surface area contributed by atoms with Crippen LogP contribution in [0.3, 0.4) is 0 Å². The van der Waals surface area contributed by atoms with Crippen LogP contribution in [0.5, 0.6) is 5.75 Å². The van der Waals surface area contributed by atoms with Crippen molar-refractivity contribution in [2.45, 2.75) is 57.7 Å². The number of nitrogens with one attached hydrogen (secondary N) is 1. The Balaban J connectivity index is 1.65. The van der Waals surface area contributed by atoms with Crippen LogP contribution in [0.4, 0.5) is 0 Å². The lowest BCUT2D eigenvalue weighted by atomic mass is 9.92. The molecular formula is C17H25NO2. The molecule has 2 aliphatic rings. The maximum absolute atomic E-state index is 5.79. The molecule has 110 valence electrons. The first-order valence-corrected chi connectivity index (χ1v) is 7.69. The van der Waals surface area contributed by atoms with Crippen molar-refractivity contribution < 1.29 is 9.47 Å². The Kier molecular flexibility index (Phi) is 3.74. The molecule has 0 aliphatic carbocycles. The van der Waals surface area contributed by atoms with E-state index < -0.39 is 0 Å². The Bertz CT molecular complexity index is 484. The maximum Gasteiger partial charge on any atom is 0.122 e. The molecule has 3 nitrogen and oxygen atoms in total. The van der Waals surface area contributed by atoms with Gasteiger partial charge in [0.25, 0.3) is 0 Å². The standard InChI is InChI=1S/C17H25NO2/c1-12(18-15-7-9-20-17(2,3)11-15)13-4-5-16-14(10-13)6-8-19-16/h4-5,10,12,15,18H,6-9,11H2,1-3H3. The van der Waals surface area contributed by atoms with Crippen molar-refractivity contribution in [3.05, 3.63) is 29.3 Å². The molecule has 2 heterocycles. The summed E-state index contributed by atoms with van der Waals surface area (Å²) in [5, 5.41) is 3.76. The van der Waals surface area contributed by atoms with E-state index in [9.17, 15) is 0 Å². The van der Waals surface area contributed by atoms with Crippen molar-refractivity contribution in [3.63, 3.8) is 0 Å². The first-order chi connectivity index (χ1) is 9.53. The second-order valence-electron chi connectivity index (χ2n) is 6.65. The highest BCUT2D eigenvalue weighted by Crippen LogP contribution is 2.30. The Hall–Kier alpha value is -1.06. The number of hydrogen-bond acceptors (Lipinski definition) is 3. The third kappa shape index (κ3) is 2.99. The average molecular weight is 275 g/mol. The highest BCUT2D eigenvalue weighted by atomic mass is 16.5. The lowest BCUT2D eigenvalue weighted by Gasteiger charge is -2.37. The van der Waals surface area contributed by atoms with Gasteiger partial charge in [0, 0.05) is 25.1 Å². The molecule has 3 heteroatoms. The van der Waals surface area contributed by atoms with Gasteiger partial charge in [0.2, 0.25) is 0 Å². The molecule has 20 heavy (non-hydrogen) atoms. The zero-order valence-electron chi connectivity index (χ0n) is 12.7. The summed E-state index contributed by atoms with van der Waals surface area (Å²) in [5.74, 6) is 1.06. The predicted molar refractivity (Wildman–Crippen MR) is 80.2 cm³/mol. The summed E-state index contributed by atoms with van der Waals surface area (Å²) in [5.41, 5.74) is 2.71. The molecule has 2 aliphatic heterocycles. The molecule has 0 radical (unpaired) electrons. The van der Waals surface area contributed by atoms with Crippen LogP contribution < -0.4 is 10.1 Å². The van der Waals surface area contributed by atoms with Crippen molar-refractivity contribution in [1.82, 2.24) is 5.32 Å². The molecule has 0 saturated carbocycles. The normalized spacial score (nSPS) is 25.9. The molecule has 3 rings (SSSR count). The van der Waals surface area contributed by atoms with Crippen molar-refractivity contribution in [2.75, 3.05) is 13.2 Å². The van der Waals surface area contributed by atoms with Crippen molar-refractivity contribution in [3.8, 4) is 5.75 Å². The monoisotopic (exact) mass is 275 g/mol. The smallest absolute Gasteiger partial charge is 0.122 e. The number of benzene rings is 1. The fourth-order valence-corrected chi connectivity index (χ4v) is 3.30. The molecule has 0 amide bonds. The van der Waals surface area contributed by atoms with Gasteiger partial charge in [-0.2, -0.15) is 0 Å². The van der Waals surface area contributed by atoms with E-state index in [1.807, 2.05) is 0 Å². The minimum Gasteiger partial charge on any atom is -0.493 e. The van der Waals surface area contributed by atoms with Gasteiger partial charge in [0.15, 0.2) is 0 Å². The summed E-state index contributed by atoms with van der Waals surface area (Å²) in [7, 11) is 0. The zero-order valence-corrected chi connectivity index (χ0v) is 12.7. The molecule has 2 atom stereocenters. The van der Waals surface area contributed by atoms with Crippen LogP contribution in [-0.2, 0) is 11.2 Å². The van der Waals surface area contributed by atoms with Gasteiger partial charge in [-0.15, -0.1) is 0 Å². The third-order valence-electron chi connectivity index (χ3n) is 4.40. The number of ether oxygens (including phenoxy) is 2. The number of fused-ring (bicyclic) bond motifs is 1. The minimum absolute atomic E-state index is 0.00140. The van der Waals surface area contributed by atoms with Crippen molar-refractivity contribution >= 4 is 0 Å². The van der Waals surface area contributed by atoms with Gasteiger partial charge >= 0.3 is 0 Å². The first kappa shape index (κ1) is 13.9. The Labute approximate surface area is 121 Å². The summed E-state index contributed by atoms with van der Waals surface area (Å²) in [4.78, 5) is 0. The second-order valence-corrected chi connectivity index (χ2v) is 6.65. The highest BCUT2D eigenvalue weighted by molar-refractivity contribution is 5.40.